The highest BCUT2D eigenvalue weighted by Gasteiger charge is 2.23. The van der Waals surface area contributed by atoms with Gasteiger partial charge in [0.1, 0.15) is 12.1 Å². The van der Waals surface area contributed by atoms with E-state index in [1.807, 2.05) is 6.07 Å². The third-order valence-corrected chi connectivity index (χ3v) is 5.72. The lowest BCUT2D eigenvalue weighted by Gasteiger charge is -2.26. The number of nitrogens with one attached hydrogen (secondary N) is 1. The molecule has 3 rings (SSSR count). The molecule has 1 aliphatic heterocycles. The van der Waals surface area contributed by atoms with Gasteiger partial charge in [0.05, 0.1) is 24.5 Å². The molecule has 0 atom stereocenters. The number of aromatic nitrogens is 2. The van der Waals surface area contributed by atoms with Crippen molar-refractivity contribution in [3.63, 3.8) is 0 Å². The second kappa shape index (κ2) is 6.96. The molecule has 9 heteroatoms. The van der Waals surface area contributed by atoms with Crippen LogP contribution in [0.5, 0.6) is 0 Å². The van der Waals surface area contributed by atoms with Gasteiger partial charge in [-0.25, -0.2) is 18.4 Å². The van der Waals surface area contributed by atoms with Crippen molar-refractivity contribution in [2.75, 3.05) is 43.9 Å². The van der Waals surface area contributed by atoms with E-state index in [1.165, 1.54) is 10.6 Å². The number of sulfonamides is 1. The minimum Gasteiger partial charge on any atom is -0.379 e. The minimum absolute atomic E-state index is 0.00604. The molecule has 1 N–H and O–H groups in total. The van der Waals surface area contributed by atoms with Gasteiger partial charge in [-0.2, -0.15) is 4.31 Å². The van der Waals surface area contributed by atoms with Crippen molar-refractivity contribution in [3.05, 3.63) is 29.5 Å². The van der Waals surface area contributed by atoms with Gasteiger partial charge in [0.2, 0.25) is 10.0 Å². The molecule has 1 fully saturated rings. The smallest absolute Gasteiger partial charge is 0.215 e. The highest BCUT2D eigenvalue weighted by molar-refractivity contribution is 7.89. The second-order valence-corrected chi connectivity index (χ2v) is 7.66. The Kier molecular flexibility index (Phi) is 4.96. The Morgan fingerprint density at radius 1 is 1.26 bits per heavy atom. The van der Waals surface area contributed by atoms with E-state index >= 15 is 0 Å². The fourth-order valence-electron chi connectivity index (χ4n) is 2.42. The highest BCUT2D eigenvalue weighted by Crippen LogP contribution is 2.22. The van der Waals surface area contributed by atoms with Gasteiger partial charge in [0, 0.05) is 30.0 Å². The molecule has 0 bridgehead atoms. The Morgan fingerprint density at radius 2 is 2.04 bits per heavy atom. The van der Waals surface area contributed by atoms with E-state index in [4.69, 9.17) is 16.3 Å². The number of morpholine rings is 1. The minimum atomic E-state index is -3.29. The molecule has 23 heavy (non-hydrogen) atoms. The molecule has 7 nitrogen and oxygen atoms in total. The van der Waals surface area contributed by atoms with Crippen LogP contribution in [0.3, 0.4) is 0 Å². The molecule has 2 aromatic rings. The molecule has 0 radical (unpaired) electrons. The third-order valence-electron chi connectivity index (χ3n) is 3.61. The van der Waals surface area contributed by atoms with Crippen molar-refractivity contribution in [1.82, 2.24) is 14.3 Å². The molecule has 2 heterocycles. The number of nitrogens with zero attached hydrogens (tertiary/aromatic N) is 3. The lowest BCUT2D eigenvalue weighted by molar-refractivity contribution is 0.0731. The Labute approximate surface area is 139 Å². The first-order valence-corrected chi connectivity index (χ1v) is 9.25. The Balaban J connectivity index is 1.67. The molecular formula is C14H17ClN4O3S. The molecule has 1 aromatic carbocycles. The highest BCUT2D eigenvalue weighted by atomic mass is 35.5. The van der Waals surface area contributed by atoms with E-state index < -0.39 is 10.0 Å². The van der Waals surface area contributed by atoms with E-state index in [0.29, 0.717) is 42.7 Å². The molecular weight excluding hydrogens is 340 g/mol. The van der Waals surface area contributed by atoms with Crippen LogP contribution in [-0.2, 0) is 14.8 Å². The average molecular weight is 357 g/mol. The first kappa shape index (κ1) is 16.4. The topological polar surface area (TPSA) is 84.4 Å². The third kappa shape index (κ3) is 3.89. The average Bonchev–Trinajstić information content (AvgIpc) is 2.55. The SMILES string of the molecule is O=S(=O)(CCNc1ncnc2cc(Cl)ccc12)N1CCOCC1. The molecule has 0 amide bonds. The van der Waals surface area contributed by atoms with Gasteiger partial charge in [-0.3, -0.25) is 0 Å². The van der Waals surface area contributed by atoms with Crippen LogP contribution in [-0.4, -0.2) is 61.3 Å². The predicted molar refractivity (Wildman–Crippen MR) is 89.2 cm³/mol. The number of benzene rings is 1. The summed E-state index contributed by atoms with van der Waals surface area (Å²) in [4.78, 5) is 8.33. The fourth-order valence-corrected chi connectivity index (χ4v) is 3.91. The summed E-state index contributed by atoms with van der Waals surface area (Å²) in [5.41, 5.74) is 0.714. The van der Waals surface area contributed by atoms with Gasteiger partial charge in [0.25, 0.3) is 0 Å². The zero-order chi connectivity index (χ0) is 16.3. The monoisotopic (exact) mass is 356 g/mol. The number of halogens is 1. The predicted octanol–water partition coefficient (Wildman–Crippen LogP) is 1.36. The van der Waals surface area contributed by atoms with E-state index in [9.17, 15) is 8.42 Å². The van der Waals surface area contributed by atoms with E-state index in [-0.39, 0.29) is 12.3 Å². The standard InChI is InChI=1S/C14H17ClN4O3S/c15-11-1-2-12-13(9-11)17-10-18-14(12)16-3-8-23(20,21)19-4-6-22-7-5-19/h1-2,9-10H,3-8H2,(H,16,17,18). The van der Waals surface area contributed by atoms with Gasteiger partial charge in [-0.1, -0.05) is 11.6 Å². The molecule has 0 spiro atoms. The van der Waals surface area contributed by atoms with Gasteiger partial charge in [-0.15, -0.1) is 0 Å². The first-order valence-electron chi connectivity index (χ1n) is 7.26. The summed E-state index contributed by atoms with van der Waals surface area (Å²) in [5, 5.41) is 4.47. The van der Waals surface area contributed by atoms with Crippen LogP contribution in [0.4, 0.5) is 5.82 Å². The summed E-state index contributed by atoms with van der Waals surface area (Å²) in [7, 11) is -3.29. The number of hydrogen-bond donors (Lipinski definition) is 1. The molecule has 0 saturated carbocycles. The number of ether oxygens (including phenoxy) is 1. The van der Waals surface area contributed by atoms with Crippen LogP contribution >= 0.6 is 11.6 Å². The largest absolute Gasteiger partial charge is 0.379 e. The zero-order valence-corrected chi connectivity index (χ0v) is 14.0. The van der Waals surface area contributed by atoms with Crippen LogP contribution in [0, 0.1) is 0 Å². The lowest BCUT2D eigenvalue weighted by Crippen LogP contribution is -2.42. The van der Waals surface area contributed by atoms with Gasteiger partial charge < -0.3 is 10.1 Å². The van der Waals surface area contributed by atoms with Crippen LogP contribution in [0.2, 0.25) is 5.02 Å². The molecule has 1 aliphatic rings. The molecule has 0 aliphatic carbocycles. The van der Waals surface area contributed by atoms with Crippen LogP contribution < -0.4 is 5.32 Å². The Hall–Kier alpha value is -1.48. The maximum Gasteiger partial charge on any atom is 0.215 e. The normalized spacial score (nSPS) is 16.6. The van der Waals surface area contributed by atoms with Crippen LogP contribution in [0.1, 0.15) is 0 Å². The maximum atomic E-state index is 12.3. The molecule has 1 aromatic heterocycles. The zero-order valence-electron chi connectivity index (χ0n) is 12.4. The van der Waals surface area contributed by atoms with Gasteiger partial charge in [-0.05, 0) is 18.2 Å². The van der Waals surface area contributed by atoms with Crippen molar-refractivity contribution in [2.45, 2.75) is 0 Å². The lowest BCUT2D eigenvalue weighted by atomic mass is 10.2. The van der Waals surface area contributed by atoms with Crippen molar-refractivity contribution in [3.8, 4) is 0 Å². The van der Waals surface area contributed by atoms with Gasteiger partial charge >= 0.3 is 0 Å². The van der Waals surface area contributed by atoms with Gasteiger partial charge in [0.15, 0.2) is 0 Å². The van der Waals surface area contributed by atoms with Crippen molar-refractivity contribution in [1.29, 1.82) is 0 Å². The Morgan fingerprint density at radius 3 is 2.83 bits per heavy atom. The maximum absolute atomic E-state index is 12.3. The number of anilines is 1. The number of hydrogen-bond acceptors (Lipinski definition) is 6. The molecule has 0 unspecified atom stereocenters. The summed E-state index contributed by atoms with van der Waals surface area (Å²) in [6.45, 7) is 2.00. The summed E-state index contributed by atoms with van der Waals surface area (Å²) in [5.74, 6) is 0.607. The van der Waals surface area contributed by atoms with Crippen molar-refractivity contribution >= 4 is 38.3 Å². The van der Waals surface area contributed by atoms with E-state index in [2.05, 4.69) is 15.3 Å². The van der Waals surface area contributed by atoms with E-state index in [1.54, 1.807) is 12.1 Å². The number of fused-ring (bicyclic) bond motifs is 1. The van der Waals surface area contributed by atoms with Crippen molar-refractivity contribution in [2.24, 2.45) is 0 Å². The van der Waals surface area contributed by atoms with Crippen molar-refractivity contribution < 1.29 is 13.2 Å². The Bertz CT molecular complexity index is 794. The number of rotatable bonds is 5. The van der Waals surface area contributed by atoms with Crippen LogP contribution in [0.15, 0.2) is 24.5 Å². The summed E-state index contributed by atoms with van der Waals surface area (Å²) < 4.78 is 31.2. The molecule has 1 saturated heterocycles. The van der Waals surface area contributed by atoms with E-state index in [0.717, 1.165) is 5.39 Å². The molecule has 124 valence electrons. The quantitative estimate of drug-likeness (QED) is 0.870. The summed E-state index contributed by atoms with van der Waals surface area (Å²) >= 11 is 5.95. The summed E-state index contributed by atoms with van der Waals surface area (Å²) in [6.07, 6.45) is 1.43. The second-order valence-electron chi connectivity index (χ2n) is 5.14. The summed E-state index contributed by atoms with van der Waals surface area (Å²) in [6, 6.07) is 5.31. The fraction of sp³-hybridized carbons (Fsp3) is 0.429. The van der Waals surface area contributed by atoms with Crippen LogP contribution in [0.25, 0.3) is 10.9 Å². The first-order chi connectivity index (χ1) is 11.1.